The van der Waals surface area contributed by atoms with E-state index in [2.05, 4.69) is 15.5 Å². The van der Waals surface area contributed by atoms with Gasteiger partial charge in [0.05, 0.1) is 19.8 Å². The van der Waals surface area contributed by atoms with Crippen LogP contribution < -0.4 is 10.2 Å². The molecule has 0 atom stereocenters. The van der Waals surface area contributed by atoms with Crippen LogP contribution in [0.3, 0.4) is 0 Å². The van der Waals surface area contributed by atoms with Crippen LogP contribution in [0.2, 0.25) is 0 Å². The Labute approximate surface area is 126 Å². The molecular formula is C14H26N4O3. The van der Waals surface area contributed by atoms with Gasteiger partial charge < -0.3 is 24.1 Å². The third kappa shape index (κ3) is 5.99. The second kappa shape index (κ2) is 8.96. The molecule has 7 heteroatoms. The summed E-state index contributed by atoms with van der Waals surface area (Å²) in [4.78, 5) is 2.01. The topological polar surface area (TPSA) is 72.7 Å². The Morgan fingerprint density at radius 3 is 2.38 bits per heavy atom. The molecule has 1 aromatic heterocycles. The van der Waals surface area contributed by atoms with Crippen LogP contribution in [-0.4, -0.2) is 55.8 Å². The molecule has 1 heterocycles. The minimum atomic E-state index is 0.544. The normalized spacial score (nSPS) is 14.6. The fourth-order valence-electron chi connectivity index (χ4n) is 1.90. The lowest BCUT2D eigenvalue weighted by atomic mass is 10.5. The molecule has 1 aliphatic carbocycles. The Kier molecular flexibility index (Phi) is 6.91. The molecule has 1 aliphatic rings. The lowest BCUT2D eigenvalue weighted by Crippen LogP contribution is -2.31. The van der Waals surface area contributed by atoms with Gasteiger partial charge >= 0.3 is 6.01 Å². The highest BCUT2D eigenvalue weighted by Gasteiger charge is 2.21. The standard InChI is InChI=1S/C14H26N4O3/c1-3-19-9-7-18(8-10-20-4-2)14-17-16-13(21-14)11-15-12-5-6-12/h12,15H,3-11H2,1-2H3. The van der Waals surface area contributed by atoms with E-state index in [9.17, 15) is 0 Å². The third-order valence-corrected chi connectivity index (χ3v) is 3.27. The quantitative estimate of drug-likeness (QED) is 0.581. The summed E-state index contributed by atoms with van der Waals surface area (Å²) in [6, 6.07) is 1.18. The molecule has 0 aromatic carbocycles. The van der Waals surface area contributed by atoms with E-state index in [1.165, 1.54) is 12.8 Å². The first-order chi connectivity index (χ1) is 10.3. The molecule has 0 radical (unpaired) electrons. The molecule has 1 saturated carbocycles. The van der Waals surface area contributed by atoms with Crippen molar-refractivity contribution < 1.29 is 13.9 Å². The summed E-state index contributed by atoms with van der Waals surface area (Å²) in [7, 11) is 0. The van der Waals surface area contributed by atoms with Crippen LogP contribution in [0, 0.1) is 0 Å². The van der Waals surface area contributed by atoms with Crippen LogP contribution in [0.15, 0.2) is 4.42 Å². The third-order valence-electron chi connectivity index (χ3n) is 3.27. The van der Waals surface area contributed by atoms with Crippen molar-refractivity contribution in [2.75, 3.05) is 44.4 Å². The van der Waals surface area contributed by atoms with Crippen LogP contribution in [-0.2, 0) is 16.0 Å². The average molecular weight is 298 g/mol. The summed E-state index contributed by atoms with van der Waals surface area (Å²) in [6.07, 6.45) is 2.49. The summed E-state index contributed by atoms with van der Waals surface area (Å²) < 4.78 is 16.5. The Morgan fingerprint density at radius 2 is 1.81 bits per heavy atom. The van der Waals surface area contributed by atoms with E-state index in [0.717, 1.165) is 13.1 Å². The van der Waals surface area contributed by atoms with Crippen molar-refractivity contribution in [3.8, 4) is 0 Å². The van der Waals surface area contributed by atoms with E-state index in [0.29, 0.717) is 50.9 Å². The minimum absolute atomic E-state index is 0.544. The van der Waals surface area contributed by atoms with Gasteiger partial charge in [0.15, 0.2) is 0 Å². The molecule has 1 aromatic rings. The Balaban J connectivity index is 1.83. The predicted octanol–water partition coefficient (Wildman–Crippen LogP) is 1.20. The van der Waals surface area contributed by atoms with Crippen LogP contribution in [0.25, 0.3) is 0 Å². The molecule has 120 valence electrons. The van der Waals surface area contributed by atoms with Crippen LogP contribution in [0.1, 0.15) is 32.6 Å². The van der Waals surface area contributed by atoms with Gasteiger partial charge in [-0.3, -0.25) is 0 Å². The van der Waals surface area contributed by atoms with Gasteiger partial charge in [0.2, 0.25) is 5.89 Å². The Morgan fingerprint density at radius 1 is 1.14 bits per heavy atom. The predicted molar refractivity (Wildman–Crippen MR) is 79.4 cm³/mol. The molecule has 1 N–H and O–H groups in total. The van der Waals surface area contributed by atoms with Crippen LogP contribution >= 0.6 is 0 Å². The Hall–Kier alpha value is -1.18. The molecule has 2 rings (SSSR count). The highest BCUT2D eigenvalue weighted by molar-refractivity contribution is 5.23. The van der Waals surface area contributed by atoms with E-state index in [-0.39, 0.29) is 0 Å². The van der Waals surface area contributed by atoms with Gasteiger partial charge in [-0.1, -0.05) is 5.10 Å². The van der Waals surface area contributed by atoms with Crippen molar-refractivity contribution in [2.24, 2.45) is 0 Å². The largest absolute Gasteiger partial charge is 0.407 e. The van der Waals surface area contributed by atoms with Crippen LogP contribution in [0.4, 0.5) is 6.01 Å². The lowest BCUT2D eigenvalue weighted by Gasteiger charge is -2.19. The molecule has 0 saturated heterocycles. The zero-order valence-corrected chi connectivity index (χ0v) is 13.0. The number of nitrogens with one attached hydrogen (secondary N) is 1. The summed E-state index contributed by atoms with van der Waals surface area (Å²) in [5, 5.41) is 11.6. The number of ether oxygens (including phenoxy) is 2. The highest BCUT2D eigenvalue weighted by atomic mass is 16.5. The molecule has 7 nitrogen and oxygen atoms in total. The van der Waals surface area contributed by atoms with Crippen LogP contribution in [0.5, 0.6) is 0 Å². The summed E-state index contributed by atoms with van der Waals surface area (Å²) >= 11 is 0. The zero-order valence-electron chi connectivity index (χ0n) is 13.0. The maximum Gasteiger partial charge on any atom is 0.318 e. The minimum Gasteiger partial charge on any atom is -0.407 e. The van der Waals surface area contributed by atoms with E-state index in [1.54, 1.807) is 0 Å². The summed E-state index contributed by atoms with van der Waals surface area (Å²) in [6.45, 7) is 8.75. The SMILES string of the molecule is CCOCCN(CCOCC)c1nnc(CNC2CC2)o1. The van der Waals surface area contributed by atoms with Crippen molar-refractivity contribution in [2.45, 2.75) is 39.3 Å². The second-order valence-electron chi connectivity index (χ2n) is 5.01. The maximum atomic E-state index is 5.72. The van der Waals surface area contributed by atoms with Gasteiger partial charge in [0.1, 0.15) is 0 Å². The first-order valence-electron chi connectivity index (χ1n) is 7.79. The van der Waals surface area contributed by atoms with E-state index in [4.69, 9.17) is 13.9 Å². The molecule has 21 heavy (non-hydrogen) atoms. The van der Waals surface area contributed by atoms with Gasteiger partial charge in [0.25, 0.3) is 0 Å². The van der Waals surface area contributed by atoms with E-state index in [1.807, 2.05) is 18.7 Å². The molecule has 0 unspecified atom stereocenters. The average Bonchev–Trinajstić information content (AvgIpc) is 3.21. The number of nitrogens with zero attached hydrogens (tertiary/aromatic N) is 3. The van der Waals surface area contributed by atoms with Gasteiger partial charge in [-0.05, 0) is 26.7 Å². The summed E-state index contributed by atoms with van der Waals surface area (Å²) in [5.41, 5.74) is 0. The smallest absolute Gasteiger partial charge is 0.318 e. The molecule has 1 fully saturated rings. The fraction of sp³-hybridized carbons (Fsp3) is 0.857. The highest BCUT2D eigenvalue weighted by Crippen LogP contribution is 2.19. The number of hydrogen-bond donors (Lipinski definition) is 1. The molecular weight excluding hydrogens is 272 g/mol. The molecule has 0 amide bonds. The molecule has 0 aliphatic heterocycles. The molecule has 0 bridgehead atoms. The number of hydrogen-bond acceptors (Lipinski definition) is 7. The maximum absolute atomic E-state index is 5.72. The lowest BCUT2D eigenvalue weighted by molar-refractivity contribution is 0.140. The van der Waals surface area contributed by atoms with Crippen molar-refractivity contribution in [3.05, 3.63) is 5.89 Å². The Bertz CT molecular complexity index is 385. The first kappa shape index (κ1) is 16.2. The van der Waals surface area contributed by atoms with Gasteiger partial charge in [0, 0.05) is 32.3 Å². The van der Waals surface area contributed by atoms with E-state index >= 15 is 0 Å². The van der Waals surface area contributed by atoms with Crippen molar-refractivity contribution >= 4 is 6.01 Å². The van der Waals surface area contributed by atoms with Crippen molar-refractivity contribution in [1.29, 1.82) is 0 Å². The first-order valence-corrected chi connectivity index (χ1v) is 7.79. The van der Waals surface area contributed by atoms with E-state index < -0.39 is 0 Å². The van der Waals surface area contributed by atoms with Gasteiger partial charge in [-0.2, -0.15) is 0 Å². The van der Waals surface area contributed by atoms with Crippen molar-refractivity contribution in [3.63, 3.8) is 0 Å². The van der Waals surface area contributed by atoms with Gasteiger partial charge in [-0.15, -0.1) is 5.10 Å². The number of aromatic nitrogens is 2. The van der Waals surface area contributed by atoms with Gasteiger partial charge in [-0.25, -0.2) is 0 Å². The fourth-order valence-corrected chi connectivity index (χ4v) is 1.90. The number of rotatable bonds is 12. The molecule has 0 spiro atoms. The monoisotopic (exact) mass is 298 g/mol. The summed E-state index contributed by atoms with van der Waals surface area (Å²) in [5.74, 6) is 0.634. The number of anilines is 1. The zero-order chi connectivity index (χ0) is 14.9. The second-order valence-corrected chi connectivity index (χ2v) is 5.01. The van der Waals surface area contributed by atoms with Crippen molar-refractivity contribution in [1.82, 2.24) is 15.5 Å².